The van der Waals surface area contributed by atoms with Crippen LogP contribution in [-0.2, 0) is 16.8 Å². The van der Waals surface area contributed by atoms with Crippen LogP contribution in [0.5, 0.6) is 0 Å². The molecular formula is C18H17F3N4O2. The van der Waals surface area contributed by atoms with Gasteiger partial charge in [-0.1, -0.05) is 36.4 Å². The van der Waals surface area contributed by atoms with E-state index in [0.29, 0.717) is 11.5 Å². The highest BCUT2D eigenvalue weighted by Gasteiger charge is 2.55. The van der Waals surface area contributed by atoms with Crippen molar-refractivity contribution in [1.29, 1.82) is 0 Å². The molecule has 0 spiro atoms. The Balaban J connectivity index is 1.65. The Morgan fingerprint density at radius 3 is 2.48 bits per heavy atom. The third kappa shape index (κ3) is 3.92. The normalized spacial score (nSPS) is 14.1. The Kier molecular flexibility index (Phi) is 5.13. The maximum Gasteiger partial charge on any atom is 0.421 e. The smallest absolute Gasteiger partial charge is 0.376 e. The molecule has 0 aliphatic rings. The van der Waals surface area contributed by atoms with Crippen molar-refractivity contribution in [2.45, 2.75) is 24.6 Å². The van der Waals surface area contributed by atoms with Crippen LogP contribution in [-0.4, -0.2) is 38.3 Å². The minimum absolute atomic E-state index is 0.0667. The second-order valence-electron chi connectivity index (χ2n) is 6.05. The number of halogens is 3. The first-order valence-electron chi connectivity index (χ1n) is 8.21. The fourth-order valence-electron chi connectivity index (χ4n) is 2.75. The summed E-state index contributed by atoms with van der Waals surface area (Å²) in [7, 11) is 0. The lowest BCUT2D eigenvalue weighted by atomic mass is 9.89. The molecule has 142 valence electrons. The van der Waals surface area contributed by atoms with Gasteiger partial charge in [-0.2, -0.15) is 13.2 Å². The molecule has 0 bridgehead atoms. The van der Waals surface area contributed by atoms with Crippen molar-refractivity contribution >= 4 is 11.6 Å². The number of alkyl halides is 3. The number of rotatable bonds is 6. The number of nitrogens with one attached hydrogen (secondary N) is 1. The largest absolute Gasteiger partial charge is 0.421 e. The predicted octanol–water partition coefficient (Wildman–Crippen LogP) is 2.23. The summed E-state index contributed by atoms with van der Waals surface area (Å²) in [4.78, 5) is 12.1. The third-order valence-corrected chi connectivity index (χ3v) is 4.19. The molecule has 2 N–H and O–H groups in total. The number of hydrogen-bond donors (Lipinski definition) is 2. The fraction of sp³-hybridized carbons (Fsp3) is 0.278. The third-order valence-electron chi connectivity index (χ3n) is 4.19. The standard InChI is InChI=1S/C18H17F3N4O2/c19-18(20,21)17(27,13-6-2-1-3-7-13)12-16(26)22-10-9-15-24-23-14-8-4-5-11-25(14)15/h1-8,11,27H,9-10,12H2,(H,22,26). The van der Waals surface area contributed by atoms with Gasteiger partial charge in [-0.05, 0) is 17.7 Å². The molecule has 3 aromatic rings. The molecule has 0 saturated heterocycles. The number of nitrogens with zero attached hydrogens (tertiary/aromatic N) is 3. The lowest BCUT2D eigenvalue weighted by molar-refractivity contribution is -0.267. The first-order valence-corrected chi connectivity index (χ1v) is 8.21. The fourth-order valence-corrected chi connectivity index (χ4v) is 2.75. The summed E-state index contributed by atoms with van der Waals surface area (Å²) in [6.45, 7) is 0.0667. The summed E-state index contributed by atoms with van der Waals surface area (Å²) in [5, 5.41) is 20.6. The SMILES string of the molecule is O=C(CC(O)(c1ccccc1)C(F)(F)F)NCCc1nnc2ccccn12. The summed E-state index contributed by atoms with van der Waals surface area (Å²) in [5.74, 6) is -0.340. The van der Waals surface area contributed by atoms with Gasteiger partial charge >= 0.3 is 6.18 Å². The Bertz CT molecular complexity index is 927. The highest BCUT2D eigenvalue weighted by molar-refractivity contribution is 5.77. The van der Waals surface area contributed by atoms with Gasteiger partial charge in [0.25, 0.3) is 0 Å². The van der Waals surface area contributed by atoms with E-state index >= 15 is 0 Å². The molecule has 1 atom stereocenters. The Morgan fingerprint density at radius 1 is 1.07 bits per heavy atom. The van der Waals surface area contributed by atoms with Crippen LogP contribution in [0.2, 0.25) is 0 Å². The van der Waals surface area contributed by atoms with Gasteiger partial charge in [0.1, 0.15) is 5.82 Å². The minimum atomic E-state index is -4.99. The Morgan fingerprint density at radius 2 is 1.78 bits per heavy atom. The predicted molar refractivity (Wildman–Crippen MR) is 90.7 cm³/mol. The molecule has 1 unspecified atom stereocenters. The molecular weight excluding hydrogens is 361 g/mol. The van der Waals surface area contributed by atoms with Crippen LogP contribution in [0.15, 0.2) is 54.7 Å². The molecule has 0 aliphatic carbocycles. The van der Waals surface area contributed by atoms with E-state index in [2.05, 4.69) is 15.5 Å². The van der Waals surface area contributed by atoms with Gasteiger partial charge in [0.05, 0.1) is 6.42 Å². The molecule has 2 aromatic heterocycles. The van der Waals surface area contributed by atoms with Crippen molar-refractivity contribution in [2.24, 2.45) is 0 Å². The second kappa shape index (κ2) is 7.36. The molecule has 3 rings (SSSR count). The van der Waals surface area contributed by atoms with E-state index in [1.807, 2.05) is 0 Å². The first kappa shape index (κ1) is 18.8. The second-order valence-corrected chi connectivity index (χ2v) is 6.05. The van der Waals surface area contributed by atoms with Crippen LogP contribution in [0, 0.1) is 0 Å². The zero-order valence-corrected chi connectivity index (χ0v) is 14.1. The highest BCUT2D eigenvalue weighted by Crippen LogP contribution is 2.41. The average molecular weight is 378 g/mol. The van der Waals surface area contributed by atoms with Crippen molar-refractivity contribution in [1.82, 2.24) is 19.9 Å². The van der Waals surface area contributed by atoms with Gasteiger partial charge in [0.2, 0.25) is 5.91 Å². The van der Waals surface area contributed by atoms with Crippen LogP contribution in [0.3, 0.4) is 0 Å². The number of benzene rings is 1. The maximum atomic E-state index is 13.4. The van der Waals surface area contributed by atoms with E-state index in [9.17, 15) is 23.1 Å². The number of pyridine rings is 1. The number of aliphatic hydroxyl groups is 1. The summed E-state index contributed by atoms with van der Waals surface area (Å²) in [5.41, 5.74) is -3.00. The molecule has 1 aromatic carbocycles. The molecule has 2 heterocycles. The quantitative estimate of drug-likeness (QED) is 0.690. The van der Waals surface area contributed by atoms with Crippen molar-refractivity contribution in [3.63, 3.8) is 0 Å². The molecule has 1 amide bonds. The van der Waals surface area contributed by atoms with Crippen molar-refractivity contribution in [2.75, 3.05) is 6.54 Å². The summed E-state index contributed by atoms with van der Waals surface area (Å²) < 4.78 is 42.0. The molecule has 9 heteroatoms. The number of carbonyl (C=O) groups is 1. The van der Waals surface area contributed by atoms with Crippen LogP contribution >= 0.6 is 0 Å². The van der Waals surface area contributed by atoms with Crippen LogP contribution in [0.4, 0.5) is 13.2 Å². The van der Waals surface area contributed by atoms with Gasteiger partial charge in [0, 0.05) is 19.2 Å². The molecule has 0 fully saturated rings. The molecule has 6 nitrogen and oxygen atoms in total. The number of carbonyl (C=O) groups excluding carboxylic acids is 1. The minimum Gasteiger partial charge on any atom is -0.376 e. The molecule has 0 saturated carbocycles. The van der Waals surface area contributed by atoms with Crippen molar-refractivity contribution in [3.8, 4) is 0 Å². The van der Waals surface area contributed by atoms with Gasteiger partial charge < -0.3 is 10.4 Å². The summed E-state index contributed by atoms with van der Waals surface area (Å²) in [6.07, 6.45) is -4.08. The van der Waals surface area contributed by atoms with E-state index in [4.69, 9.17) is 0 Å². The first-order chi connectivity index (χ1) is 12.8. The Labute approximate surface area is 152 Å². The molecule has 0 radical (unpaired) electrons. The molecule has 27 heavy (non-hydrogen) atoms. The zero-order chi connectivity index (χ0) is 19.5. The zero-order valence-electron chi connectivity index (χ0n) is 14.1. The molecule has 0 aliphatic heterocycles. The Hall–Kier alpha value is -2.94. The van der Waals surface area contributed by atoms with Crippen LogP contribution in [0.1, 0.15) is 17.8 Å². The van der Waals surface area contributed by atoms with Crippen LogP contribution in [0.25, 0.3) is 5.65 Å². The number of amides is 1. The van der Waals surface area contributed by atoms with Crippen molar-refractivity contribution in [3.05, 3.63) is 66.1 Å². The van der Waals surface area contributed by atoms with Gasteiger partial charge in [0.15, 0.2) is 11.2 Å². The lowest BCUT2D eigenvalue weighted by Gasteiger charge is -2.30. The average Bonchev–Trinajstić information content (AvgIpc) is 3.05. The number of fused-ring (bicyclic) bond motifs is 1. The van der Waals surface area contributed by atoms with Crippen molar-refractivity contribution < 1.29 is 23.1 Å². The summed E-state index contributed by atoms with van der Waals surface area (Å²) >= 11 is 0. The van der Waals surface area contributed by atoms with E-state index in [-0.39, 0.29) is 18.5 Å². The topological polar surface area (TPSA) is 79.5 Å². The van der Waals surface area contributed by atoms with E-state index in [1.54, 1.807) is 28.8 Å². The number of hydrogen-bond acceptors (Lipinski definition) is 4. The van der Waals surface area contributed by atoms with Gasteiger partial charge in [-0.3, -0.25) is 9.20 Å². The lowest BCUT2D eigenvalue weighted by Crippen LogP contribution is -2.46. The van der Waals surface area contributed by atoms with Crippen LogP contribution < -0.4 is 5.32 Å². The number of aromatic nitrogens is 3. The summed E-state index contributed by atoms with van der Waals surface area (Å²) in [6, 6.07) is 11.9. The van der Waals surface area contributed by atoms with E-state index in [1.165, 1.54) is 18.2 Å². The maximum absolute atomic E-state index is 13.4. The highest BCUT2D eigenvalue weighted by atomic mass is 19.4. The monoisotopic (exact) mass is 378 g/mol. The van der Waals surface area contributed by atoms with E-state index < -0.39 is 24.1 Å². The van der Waals surface area contributed by atoms with Gasteiger partial charge in [-0.15, -0.1) is 10.2 Å². The van der Waals surface area contributed by atoms with E-state index in [0.717, 1.165) is 12.1 Å². The van der Waals surface area contributed by atoms with Gasteiger partial charge in [-0.25, -0.2) is 0 Å².